The van der Waals surface area contributed by atoms with Gasteiger partial charge in [0.2, 0.25) is 5.88 Å². The number of aromatic nitrogens is 1. The van der Waals surface area contributed by atoms with E-state index in [1.165, 1.54) is 0 Å². The van der Waals surface area contributed by atoms with Gasteiger partial charge in [0.15, 0.2) is 0 Å². The normalized spacial score (nSPS) is 10.6. The minimum absolute atomic E-state index is 0.520. The molecule has 1 N–H and O–H groups in total. The number of hydrogen-bond donors (Lipinski definition) is 1. The average Bonchev–Trinajstić information content (AvgIpc) is 2.34. The predicted molar refractivity (Wildman–Crippen MR) is 71.8 cm³/mol. The molecule has 0 radical (unpaired) electrons. The number of likely N-dealkylation sites (N-methyl/N-ethyl adjacent to an activating group) is 1. The molecule has 0 unspecified atom stereocenters. The van der Waals surface area contributed by atoms with Crippen molar-refractivity contribution in [3.63, 3.8) is 0 Å². The van der Waals surface area contributed by atoms with Crippen LogP contribution in [0, 0.1) is 0 Å². The lowest BCUT2D eigenvalue weighted by Gasteiger charge is -2.23. The molecule has 4 nitrogen and oxygen atoms in total. The molecular formula is C13H23N3O. The molecule has 0 amide bonds. The SMILES string of the molecule is CCN(CCNC(C)C)c1cccc(OC)n1. The van der Waals surface area contributed by atoms with Crippen molar-refractivity contribution in [1.29, 1.82) is 0 Å². The Morgan fingerprint density at radius 1 is 1.41 bits per heavy atom. The van der Waals surface area contributed by atoms with Gasteiger partial charge >= 0.3 is 0 Å². The summed E-state index contributed by atoms with van der Waals surface area (Å²) in [5.41, 5.74) is 0. The zero-order valence-corrected chi connectivity index (χ0v) is 11.2. The lowest BCUT2D eigenvalue weighted by atomic mass is 10.3. The second-order valence-electron chi connectivity index (χ2n) is 4.23. The lowest BCUT2D eigenvalue weighted by molar-refractivity contribution is 0.398. The number of nitrogens with zero attached hydrogens (tertiary/aromatic N) is 2. The Labute approximate surface area is 104 Å². The van der Waals surface area contributed by atoms with Crippen LogP contribution in [-0.2, 0) is 0 Å². The first-order valence-corrected chi connectivity index (χ1v) is 6.16. The molecule has 0 spiro atoms. The number of methoxy groups -OCH3 is 1. The number of nitrogens with one attached hydrogen (secondary N) is 1. The van der Waals surface area contributed by atoms with Gasteiger partial charge in [0.25, 0.3) is 0 Å². The van der Waals surface area contributed by atoms with Crippen LogP contribution >= 0.6 is 0 Å². The van der Waals surface area contributed by atoms with Crippen LogP contribution in [0.15, 0.2) is 18.2 Å². The van der Waals surface area contributed by atoms with Crippen LogP contribution in [0.25, 0.3) is 0 Å². The molecule has 0 saturated heterocycles. The van der Waals surface area contributed by atoms with Crippen molar-refractivity contribution in [3.8, 4) is 5.88 Å². The van der Waals surface area contributed by atoms with E-state index in [0.717, 1.165) is 25.5 Å². The van der Waals surface area contributed by atoms with Gasteiger partial charge in [-0.3, -0.25) is 0 Å². The zero-order valence-electron chi connectivity index (χ0n) is 11.2. The lowest BCUT2D eigenvalue weighted by Crippen LogP contribution is -2.35. The number of hydrogen-bond acceptors (Lipinski definition) is 4. The summed E-state index contributed by atoms with van der Waals surface area (Å²) in [6.45, 7) is 9.30. The Morgan fingerprint density at radius 2 is 2.18 bits per heavy atom. The minimum atomic E-state index is 0.520. The molecular weight excluding hydrogens is 214 g/mol. The van der Waals surface area contributed by atoms with E-state index in [1.54, 1.807) is 7.11 Å². The Morgan fingerprint density at radius 3 is 2.76 bits per heavy atom. The van der Waals surface area contributed by atoms with E-state index in [4.69, 9.17) is 4.74 Å². The van der Waals surface area contributed by atoms with Gasteiger partial charge in [0.1, 0.15) is 5.82 Å². The minimum Gasteiger partial charge on any atom is -0.481 e. The molecule has 0 saturated carbocycles. The molecule has 0 aliphatic carbocycles. The highest BCUT2D eigenvalue weighted by atomic mass is 16.5. The van der Waals surface area contributed by atoms with Gasteiger partial charge in [0.05, 0.1) is 7.11 Å². The fourth-order valence-electron chi connectivity index (χ4n) is 1.62. The third kappa shape index (κ3) is 4.61. The Balaban J connectivity index is 2.59. The number of ether oxygens (including phenoxy) is 1. The molecule has 0 aliphatic heterocycles. The standard InChI is InChI=1S/C13H23N3O/c1-5-16(10-9-14-11(2)3)12-7-6-8-13(15-12)17-4/h6-8,11,14H,5,9-10H2,1-4H3. The molecule has 0 aliphatic rings. The van der Waals surface area contributed by atoms with Crippen LogP contribution in [0.2, 0.25) is 0 Å². The fraction of sp³-hybridized carbons (Fsp3) is 0.615. The van der Waals surface area contributed by atoms with Crippen molar-refractivity contribution < 1.29 is 4.74 Å². The van der Waals surface area contributed by atoms with Crippen molar-refractivity contribution in [2.45, 2.75) is 26.8 Å². The maximum atomic E-state index is 5.14. The molecule has 1 heterocycles. The van der Waals surface area contributed by atoms with Gasteiger partial charge in [-0.2, -0.15) is 4.98 Å². The van der Waals surface area contributed by atoms with E-state index in [9.17, 15) is 0 Å². The van der Waals surface area contributed by atoms with Crippen molar-refractivity contribution >= 4 is 5.82 Å². The molecule has 1 aromatic rings. The van der Waals surface area contributed by atoms with Crippen LogP contribution in [-0.4, -0.2) is 37.8 Å². The second kappa shape index (κ2) is 7.12. The van der Waals surface area contributed by atoms with E-state index in [2.05, 4.69) is 36.0 Å². The monoisotopic (exact) mass is 237 g/mol. The number of rotatable bonds is 7. The maximum Gasteiger partial charge on any atom is 0.214 e. The van der Waals surface area contributed by atoms with Crippen LogP contribution < -0.4 is 15.0 Å². The van der Waals surface area contributed by atoms with Gasteiger partial charge < -0.3 is 15.0 Å². The Hall–Kier alpha value is -1.29. The summed E-state index contributed by atoms with van der Waals surface area (Å²) in [5, 5.41) is 3.41. The topological polar surface area (TPSA) is 37.4 Å². The van der Waals surface area contributed by atoms with E-state index in [1.807, 2.05) is 18.2 Å². The fourth-order valence-corrected chi connectivity index (χ4v) is 1.62. The van der Waals surface area contributed by atoms with Gasteiger partial charge in [-0.25, -0.2) is 0 Å². The first kappa shape index (κ1) is 13.8. The summed E-state index contributed by atoms with van der Waals surface area (Å²) in [6, 6.07) is 6.37. The van der Waals surface area contributed by atoms with Gasteiger partial charge in [0, 0.05) is 31.7 Å². The first-order valence-electron chi connectivity index (χ1n) is 6.16. The summed E-state index contributed by atoms with van der Waals surface area (Å²) in [6.07, 6.45) is 0. The molecule has 0 fully saturated rings. The molecule has 1 rings (SSSR count). The summed E-state index contributed by atoms with van der Waals surface area (Å²) in [5.74, 6) is 1.63. The Bertz CT molecular complexity index is 328. The van der Waals surface area contributed by atoms with Crippen molar-refractivity contribution in [1.82, 2.24) is 10.3 Å². The zero-order chi connectivity index (χ0) is 12.7. The first-order chi connectivity index (χ1) is 8.17. The van der Waals surface area contributed by atoms with Crippen molar-refractivity contribution in [3.05, 3.63) is 18.2 Å². The smallest absolute Gasteiger partial charge is 0.214 e. The quantitative estimate of drug-likeness (QED) is 0.786. The third-order valence-electron chi connectivity index (χ3n) is 2.56. The van der Waals surface area contributed by atoms with Crippen LogP contribution in [0.3, 0.4) is 0 Å². The van der Waals surface area contributed by atoms with E-state index >= 15 is 0 Å². The molecule has 4 heteroatoms. The van der Waals surface area contributed by atoms with Crippen LogP contribution in [0.1, 0.15) is 20.8 Å². The third-order valence-corrected chi connectivity index (χ3v) is 2.56. The number of anilines is 1. The Kier molecular flexibility index (Phi) is 5.77. The van der Waals surface area contributed by atoms with E-state index < -0.39 is 0 Å². The highest BCUT2D eigenvalue weighted by Gasteiger charge is 2.06. The maximum absolute atomic E-state index is 5.14. The van der Waals surface area contributed by atoms with Crippen LogP contribution in [0.5, 0.6) is 5.88 Å². The highest BCUT2D eigenvalue weighted by molar-refractivity contribution is 5.40. The summed E-state index contributed by atoms with van der Waals surface area (Å²) < 4.78 is 5.14. The molecule has 0 atom stereocenters. The van der Waals surface area contributed by atoms with Crippen molar-refractivity contribution in [2.75, 3.05) is 31.6 Å². The summed E-state index contributed by atoms with van der Waals surface area (Å²) in [4.78, 5) is 6.67. The highest BCUT2D eigenvalue weighted by Crippen LogP contribution is 2.14. The van der Waals surface area contributed by atoms with Crippen molar-refractivity contribution in [2.24, 2.45) is 0 Å². The van der Waals surface area contributed by atoms with Gasteiger partial charge in [-0.15, -0.1) is 0 Å². The molecule has 0 aromatic carbocycles. The van der Waals surface area contributed by atoms with Gasteiger partial charge in [-0.1, -0.05) is 19.9 Å². The second-order valence-corrected chi connectivity index (χ2v) is 4.23. The average molecular weight is 237 g/mol. The van der Waals surface area contributed by atoms with E-state index in [0.29, 0.717) is 11.9 Å². The molecule has 0 bridgehead atoms. The van der Waals surface area contributed by atoms with Gasteiger partial charge in [-0.05, 0) is 13.0 Å². The van der Waals surface area contributed by atoms with E-state index in [-0.39, 0.29) is 0 Å². The molecule has 96 valence electrons. The molecule has 17 heavy (non-hydrogen) atoms. The molecule has 1 aromatic heterocycles. The number of pyridine rings is 1. The summed E-state index contributed by atoms with van der Waals surface area (Å²) >= 11 is 0. The predicted octanol–water partition coefficient (Wildman–Crippen LogP) is 1.91. The van der Waals surface area contributed by atoms with Crippen LogP contribution in [0.4, 0.5) is 5.82 Å². The largest absolute Gasteiger partial charge is 0.481 e. The summed E-state index contributed by atoms with van der Waals surface area (Å²) in [7, 11) is 1.64.